The number of isothiocyanates is 1. The molecule has 15 heteroatoms. The van der Waals surface area contributed by atoms with Gasteiger partial charge in [-0.05, 0) is 60.6 Å². The largest absolute Gasteiger partial charge is 0.481 e. The number of aromatic nitrogens is 2. The van der Waals surface area contributed by atoms with E-state index >= 15 is 0 Å². The van der Waals surface area contributed by atoms with Gasteiger partial charge >= 0.3 is 23.9 Å². The van der Waals surface area contributed by atoms with Crippen LogP contribution in [0.4, 0.5) is 5.69 Å². The van der Waals surface area contributed by atoms with Gasteiger partial charge in [0.2, 0.25) is 0 Å². The fourth-order valence-corrected chi connectivity index (χ4v) is 4.91. The van der Waals surface area contributed by atoms with E-state index in [1.165, 1.54) is 6.07 Å². The van der Waals surface area contributed by atoms with Crippen molar-refractivity contribution in [3.05, 3.63) is 89.0 Å². The monoisotopic (exact) mass is 664 g/mol. The normalized spacial score (nSPS) is 11.0. The molecule has 4 N–H and O–H groups in total. The number of hydrogen-bond acceptors (Lipinski definition) is 11. The first-order valence-electron chi connectivity index (χ1n) is 14.6. The van der Waals surface area contributed by atoms with Crippen molar-refractivity contribution in [2.24, 2.45) is 4.99 Å². The van der Waals surface area contributed by atoms with E-state index in [4.69, 9.17) is 5.11 Å². The topological polar surface area (TPSA) is 197 Å². The van der Waals surface area contributed by atoms with Crippen LogP contribution in [-0.2, 0) is 40.3 Å². The second-order valence-electron chi connectivity index (χ2n) is 10.7. The van der Waals surface area contributed by atoms with Crippen molar-refractivity contribution in [1.29, 1.82) is 0 Å². The number of nitrogens with zero attached hydrogens (tertiary/aromatic N) is 6. The van der Waals surface area contributed by atoms with Crippen molar-refractivity contribution in [3.63, 3.8) is 0 Å². The molecule has 0 unspecified atom stereocenters. The first-order valence-corrected chi connectivity index (χ1v) is 15.0. The summed E-state index contributed by atoms with van der Waals surface area (Å²) < 4.78 is 0. The maximum absolute atomic E-state index is 11.7. The third kappa shape index (κ3) is 13.9. The molecule has 0 bridgehead atoms. The lowest BCUT2D eigenvalue weighted by Crippen LogP contribution is -2.42. The van der Waals surface area contributed by atoms with Crippen LogP contribution in [0.5, 0.6) is 0 Å². The number of hydrogen-bond donors (Lipinski definition) is 4. The predicted octanol–water partition coefficient (Wildman–Crippen LogP) is 2.55. The fourth-order valence-electron chi connectivity index (χ4n) is 4.80. The average Bonchev–Trinajstić information content (AvgIpc) is 3.00. The Hall–Kier alpha value is -4.92. The molecule has 0 fully saturated rings. The van der Waals surface area contributed by atoms with Crippen LogP contribution in [-0.4, -0.2) is 120 Å². The van der Waals surface area contributed by atoms with Gasteiger partial charge < -0.3 is 25.3 Å². The molecule has 0 aliphatic carbocycles. The quantitative estimate of drug-likeness (QED) is 0.0957. The van der Waals surface area contributed by atoms with Crippen LogP contribution in [0.1, 0.15) is 33.1 Å². The molecule has 248 valence electrons. The van der Waals surface area contributed by atoms with Gasteiger partial charge in [-0.1, -0.05) is 24.3 Å². The molecule has 0 aliphatic rings. The molecule has 0 amide bonds. The van der Waals surface area contributed by atoms with Crippen molar-refractivity contribution < 1.29 is 39.6 Å². The van der Waals surface area contributed by atoms with E-state index in [2.05, 4.69) is 37.2 Å². The molecule has 0 spiro atoms. The first-order chi connectivity index (χ1) is 22.5. The Morgan fingerprint density at radius 2 is 1.19 bits per heavy atom. The molecule has 47 heavy (non-hydrogen) atoms. The van der Waals surface area contributed by atoms with E-state index < -0.39 is 23.9 Å². The number of aliphatic imine (C=N–C) groups is 1. The summed E-state index contributed by atoms with van der Waals surface area (Å²) in [6.07, 6.45) is 0.392. The maximum Gasteiger partial charge on any atom is 0.354 e. The summed E-state index contributed by atoms with van der Waals surface area (Å²) in [7, 11) is 0. The highest BCUT2D eigenvalue weighted by Crippen LogP contribution is 2.14. The summed E-state index contributed by atoms with van der Waals surface area (Å²) in [5.41, 5.74) is 2.90. The molecule has 0 saturated carbocycles. The van der Waals surface area contributed by atoms with Gasteiger partial charge in [0, 0.05) is 45.8 Å². The van der Waals surface area contributed by atoms with Gasteiger partial charge in [-0.25, -0.2) is 9.78 Å². The third-order valence-electron chi connectivity index (χ3n) is 7.00. The van der Waals surface area contributed by atoms with Crippen molar-refractivity contribution in [3.8, 4) is 0 Å². The molecule has 0 radical (unpaired) electrons. The highest BCUT2D eigenvalue weighted by molar-refractivity contribution is 7.78. The number of aromatic carboxylic acids is 1. The van der Waals surface area contributed by atoms with Crippen LogP contribution in [0.15, 0.2) is 65.7 Å². The summed E-state index contributed by atoms with van der Waals surface area (Å²) in [4.78, 5) is 63.9. The Labute approximate surface area is 276 Å². The van der Waals surface area contributed by atoms with Gasteiger partial charge in [-0.15, -0.1) is 0 Å². The predicted molar refractivity (Wildman–Crippen MR) is 174 cm³/mol. The molecule has 3 aromatic rings. The van der Waals surface area contributed by atoms with Gasteiger partial charge in [0.05, 0.1) is 47.4 Å². The summed E-state index contributed by atoms with van der Waals surface area (Å²) in [6.45, 7) is 1.81. The Balaban J connectivity index is 1.76. The maximum atomic E-state index is 11.7. The minimum atomic E-state index is -1.18. The standard InChI is InChI=1S/C32H36N6O8S/c39-29(40)17-25-3-1-4-26(34-25)18-37(20-30(41)42)15-13-36(12-11-23-7-9-24(10-8-23)33-22-47)14-16-38(21-31(43)44)19-27-5-2-6-28(35-27)32(45)46/h1-10H,11-21H2,(H,39,40)(H,41,42)(H,43,44)(H,45,46). The van der Waals surface area contributed by atoms with Crippen molar-refractivity contribution in [1.82, 2.24) is 24.7 Å². The molecular weight excluding hydrogens is 628 g/mol. The Morgan fingerprint density at radius 3 is 1.72 bits per heavy atom. The second-order valence-corrected chi connectivity index (χ2v) is 10.9. The van der Waals surface area contributed by atoms with Crippen LogP contribution in [0.25, 0.3) is 0 Å². The van der Waals surface area contributed by atoms with E-state index in [0.717, 1.165) is 5.56 Å². The van der Waals surface area contributed by atoms with Crippen molar-refractivity contribution >= 4 is 46.9 Å². The second kappa shape index (κ2) is 18.9. The number of thiocarbonyl (C=S) groups is 1. The minimum absolute atomic E-state index is 0.118. The lowest BCUT2D eigenvalue weighted by Gasteiger charge is -2.29. The summed E-state index contributed by atoms with van der Waals surface area (Å²) in [5, 5.41) is 39.9. The van der Waals surface area contributed by atoms with Crippen LogP contribution in [0, 0.1) is 0 Å². The lowest BCUT2D eigenvalue weighted by molar-refractivity contribution is -0.139. The highest BCUT2D eigenvalue weighted by Gasteiger charge is 2.18. The lowest BCUT2D eigenvalue weighted by atomic mass is 10.1. The average molecular weight is 665 g/mol. The van der Waals surface area contributed by atoms with Gasteiger partial charge in [0.15, 0.2) is 0 Å². The molecular formula is C32H36N6O8S. The summed E-state index contributed by atoms with van der Waals surface area (Å²) in [5.74, 6) is -4.27. The minimum Gasteiger partial charge on any atom is -0.481 e. The SMILES string of the molecule is O=C(O)Cc1cccc(CN(CCN(CCc2ccc(N=C=S)cc2)CCN(CC(=O)O)Cc2cccc(C(=O)O)n2)CC(=O)O)n1. The number of benzene rings is 1. The van der Waals surface area contributed by atoms with Gasteiger partial charge in [0.1, 0.15) is 5.69 Å². The van der Waals surface area contributed by atoms with Crippen LogP contribution >= 0.6 is 12.2 Å². The number of rotatable bonds is 21. The molecule has 0 aliphatic heterocycles. The van der Waals surface area contributed by atoms with E-state index in [-0.39, 0.29) is 38.3 Å². The molecule has 0 saturated heterocycles. The third-order valence-corrected chi connectivity index (χ3v) is 7.10. The molecule has 1 aromatic carbocycles. The molecule has 3 rings (SSSR count). The molecule has 14 nitrogen and oxygen atoms in total. The molecule has 2 aromatic heterocycles. The first kappa shape index (κ1) is 36.5. The van der Waals surface area contributed by atoms with Gasteiger partial charge in [0.25, 0.3) is 0 Å². The summed E-state index contributed by atoms with van der Waals surface area (Å²) >= 11 is 4.66. The molecule has 0 atom stereocenters. The zero-order valence-electron chi connectivity index (χ0n) is 25.6. The van der Waals surface area contributed by atoms with E-state index in [0.29, 0.717) is 61.9 Å². The summed E-state index contributed by atoms with van der Waals surface area (Å²) in [6, 6.07) is 17.1. The van der Waals surface area contributed by atoms with Gasteiger partial charge in [-0.2, -0.15) is 4.99 Å². The highest BCUT2D eigenvalue weighted by atomic mass is 32.1. The Morgan fingerprint density at radius 1 is 0.660 bits per heavy atom. The van der Waals surface area contributed by atoms with E-state index in [1.807, 2.05) is 24.3 Å². The number of aliphatic carboxylic acids is 3. The van der Waals surface area contributed by atoms with Crippen LogP contribution in [0.3, 0.4) is 0 Å². The Kier molecular flexibility index (Phi) is 14.7. The number of carboxylic acids is 4. The van der Waals surface area contributed by atoms with Gasteiger partial charge in [-0.3, -0.25) is 29.2 Å². The van der Waals surface area contributed by atoms with Crippen LogP contribution in [0.2, 0.25) is 0 Å². The van der Waals surface area contributed by atoms with E-state index in [1.54, 1.807) is 40.1 Å². The Bertz CT molecular complexity index is 1580. The van der Waals surface area contributed by atoms with E-state index in [9.17, 15) is 34.5 Å². The fraction of sp³-hybridized carbons (Fsp3) is 0.344. The number of carbonyl (C=O) groups is 4. The van der Waals surface area contributed by atoms with Crippen LogP contribution < -0.4 is 0 Å². The van der Waals surface area contributed by atoms with Crippen molar-refractivity contribution in [2.75, 3.05) is 45.8 Å². The zero-order chi connectivity index (χ0) is 34.2. The zero-order valence-corrected chi connectivity index (χ0v) is 26.4. The number of pyridine rings is 2. The smallest absolute Gasteiger partial charge is 0.354 e. The van der Waals surface area contributed by atoms with Crippen molar-refractivity contribution in [2.45, 2.75) is 25.9 Å². The molecule has 2 heterocycles. The number of carboxylic acid groups (broad SMARTS) is 4.